The quantitative estimate of drug-likeness (QED) is 0.160. The van der Waals surface area contributed by atoms with Crippen molar-refractivity contribution in [2.24, 2.45) is 16.1 Å². The van der Waals surface area contributed by atoms with E-state index >= 15 is 4.39 Å². The molecule has 0 unspecified atom stereocenters. The Hall–Kier alpha value is -5.19. The van der Waals surface area contributed by atoms with Crippen LogP contribution in [-0.2, 0) is 15.1 Å². The number of benzene rings is 2. The fraction of sp³-hybridized carbons (Fsp3) is 0.371. The Morgan fingerprint density at radius 2 is 1.81 bits per heavy atom. The highest BCUT2D eigenvalue weighted by atomic mass is 35.5. The number of aliphatic imine (C=N–C) groups is 1. The van der Waals surface area contributed by atoms with E-state index in [4.69, 9.17) is 22.1 Å². The summed E-state index contributed by atoms with van der Waals surface area (Å²) in [5, 5.41) is 5.64. The number of carbonyl (C=O) groups excluding carboxylic acids is 2. The van der Waals surface area contributed by atoms with Crippen LogP contribution in [0.15, 0.2) is 72.1 Å². The number of halogens is 7. The van der Waals surface area contributed by atoms with Gasteiger partial charge < -0.3 is 15.8 Å². The van der Waals surface area contributed by atoms with Crippen LogP contribution in [-0.4, -0.2) is 60.9 Å². The van der Waals surface area contributed by atoms with Crippen LogP contribution in [0.5, 0.6) is 0 Å². The standard InChI is InChI=1S/C35H33ClF6N8O3/c1-32(2,3)17-34(21-9-7-19(14-23(21)37)24-6-4-5-13-44-24)29(51)49(30(43)47-34)26(16-53-31(52)48-33(11-12-33)35(40,41)42)20-8-10-22(36)25(15-20)50-28(27(38)39)45-18-46-50/h4-10,13-15,18,26-27H,11-12,16-17H2,1-3H3,(H2,43,47)(H,48,52)/t26-,34-/m1/s1. The number of amides is 2. The molecule has 2 aromatic carbocycles. The molecule has 0 saturated heterocycles. The number of pyridine rings is 1. The van der Waals surface area contributed by atoms with Gasteiger partial charge in [0, 0.05) is 17.3 Å². The van der Waals surface area contributed by atoms with Crippen molar-refractivity contribution in [3.05, 3.63) is 94.9 Å². The van der Waals surface area contributed by atoms with Crippen LogP contribution in [0.3, 0.4) is 0 Å². The Kier molecular flexibility index (Phi) is 9.68. The maximum atomic E-state index is 16.3. The number of ether oxygens (including phenoxy) is 1. The number of rotatable bonds is 10. The highest BCUT2D eigenvalue weighted by Crippen LogP contribution is 2.49. The summed E-state index contributed by atoms with van der Waals surface area (Å²) >= 11 is 6.40. The second-order valence-electron chi connectivity index (χ2n) is 14.0. The molecule has 6 rings (SSSR count). The summed E-state index contributed by atoms with van der Waals surface area (Å²) in [6.07, 6.45) is -7.61. The van der Waals surface area contributed by atoms with Gasteiger partial charge in [0.25, 0.3) is 12.3 Å². The van der Waals surface area contributed by atoms with Crippen LogP contribution < -0.4 is 11.1 Å². The van der Waals surface area contributed by atoms with Crippen LogP contribution in [0.1, 0.15) is 69.5 Å². The smallest absolute Gasteiger partial charge is 0.411 e. The van der Waals surface area contributed by atoms with Crippen molar-refractivity contribution < 1.29 is 40.7 Å². The maximum absolute atomic E-state index is 16.3. The zero-order valence-electron chi connectivity index (χ0n) is 28.5. The zero-order chi connectivity index (χ0) is 38.5. The molecule has 1 fully saturated rings. The number of alkyl halides is 5. The van der Waals surface area contributed by atoms with Crippen LogP contribution in [0, 0.1) is 11.2 Å². The van der Waals surface area contributed by atoms with E-state index in [-0.39, 0.29) is 41.1 Å². The average Bonchev–Trinajstić information content (AvgIpc) is 3.63. The van der Waals surface area contributed by atoms with Gasteiger partial charge in [0.15, 0.2) is 17.3 Å². The number of aromatic nitrogens is 4. The molecule has 3 heterocycles. The molecule has 2 atom stereocenters. The molecule has 11 nitrogen and oxygen atoms in total. The van der Waals surface area contributed by atoms with Gasteiger partial charge in [-0.1, -0.05) is 56.6 Å². The van der Waals surface area contributed by atoms with Gasteiger partial charge >= 0.3 is 12.3 Å². The molecule has 2 amide bonds. The van der Waals surface area contributed by atoms with Crippen LogP contribution in [0.25, 0.3) is 16.9 Å². The van der Waals surface area contributed by atoms with Crippen molar-refractivity contribution in [2.75, 3.05) is 6.61 Å². The van der Waals surface area contributed by atoms with Crippen molar-refractivity contribution >= 4 is 29.6 Å². The lowest BCUT2D eigenvalue weighted by molar-refractivity contribution is -0.164. The minimum absolute atomic E-state index is 0.0639. The predicted octanol–water partition coefficient (Wildman–Crippen LogP) is 7.41. The fourth-order valence-corrected chi connectivity index (χ4v) is 6.59. The van der Waals surface area contributed by atoms with Crippen molar-refractivity contribution in [1.29, 1.82) is 0 Å². The normalized spacial score (nSPS) is 19.0. The van der Waals surface area contributed by atoms with Crippen molar-refractivity contribution in [3.63, 3.8) is 0 Å². The minimum Gasteiger partial charge on any atom is -0.447 e. The number of carbonyl (C=O) groups is 2. The van der Waals surface area contributed by atoms with E-state index in [0.29, 0.717) is 11.3 Å². The third-order valence-electron chi connectivity index (χ3n) is 8.96. The first-order chi connectivity index (χ1) is 24.9. The molecule has 18 heteroatoms. The Labute approximate surface area is 304 Å². The topological polar surface area (TPSA) is 141 Å². The lowest BCUT2D eigenvalue weighted by atomic mass is 9.75. The Balaban J connectivity index is 1.43. The van der Waals surface area contributed by atoms with Gasteiger partial charge in [-0.15, -0.1) is 0 Å². The molecule has 0 spiro atoms. The molecular weight excluding hydrogens is 730 g/mol. The predicted molar refractivity (Wildman–Crippen MR) is 180 cm³/mol. The summed E-state index contributed by atoms with van der Waals surface area (Å²) in [6.45, 7) is 4.62. The lowest BCUT2D eigenvalue weighted by Gasteiger charge is -2.35. The largest absolute Gasteiger partial charge is 0.447 e. The summed E-state index contributed by atoms with van der Waals surface area (Å²) in [6, 6.07) is 11.8. The van der Waals surface area contributed by atoms with E-state index in [2.05, 4.69) is 20.1 Å². The Morgan fingerprint density at radius 3 is 2.42 bits per heavy atom. The summed E-state index contributed by atoms with van der Waals surface area (Å²) in [5.41, 5.74) is 2.12. The molecule has 3 N–H and O–H groups in total. The van der Waals surface area contributed by atoms with Gasteiger partial charge in [0.2, 0.25) is 0 Å². The average molecular weight is 763 g/mol. The number of hydrogen-bond acceptors (Lipinski definition) is 8. The van der Waals surface area contributed by atoms with E-state index in [1.165, 1.54) is 30.3 Å². The number of guanidine groups is 1. The third kappa shape index (κ3) is 7.26. The molecule has 280 valence electrons. The van der Waals surface area contributed by atoms with Crippen molar-refractivity contribution in [2.45, 2.75) is 69.8 Å². The number of nitrogens with two attached hydrogens (primary N) is 1. The summed E-state index contributed by atoms with van der Waals surface area (Å²) in [7, 11) is 0. The van der Waals surface area contributed by atoms with Gasteiger partial charge in [-0.05, 0) is 60.6 Å². The van der Waals surface area contributed by atoms with E-state index in [1.807, 2.05) is 5.32 Å². The molecule has 0 radical (unpaired) electrons. The van der Waals surface area contributed by atoms with E-state index in [0.717, 1.165) is 15.9 Å². The van der Waals surface area contributed by atoms with Gasteiger partial charge in [0.1, 0.15) is 24.3 Å². The van der Waals surface area contributed by atoms with E-state index < -0.39 is 71.3 Å². The molecule has 53 heavy (non-hydrogen) atoms. The first-order valence-corrected chi connectivity index (χ1v) is 16.6. The maximum Gasteiger partial charge on any atom is 0.411 e. The first kappa shape index (κ1) is 37.6. The molecule has 1 aliphatic carbocycles. The van der Waals surface area contributed by atoms with Crippen LogP contribution >= 0.6 is 11.6 Å². The van der Waals surface area contributed by atoms with Crippen molar-refractivity contribution in [3.8, 4) is 16.9 Å². The SMILES string of the molecule is CC(C)(C)C[C@]1(c2ccc(-c3ccccn3)cc2F)N=C(N)N([C@H](COC(=O)NC2(C(F)(F)F)CC2)c2ccc(Cl)c(-n3ncnc3C(F)F)c2)C1=O. The summed E-state index contributed by atoms with van der Waals surface area (Å²) < 4.78 is 90.9. The van der Waals surface area contributed by atoms with Crippen molar-refractivity contribution in [1.82, 2.24) is 30.0 Å². The minimum atomic E-state index is -4.75. The number of nitrogens with one attached hydrogen (secondary N) is 1. The number of nitrogens with zero attached hydrogens (tertiary/aromatic N) is 6. The second kappa shape index (κ2) is 13.7. The fourth-order valence-electron chi connectivity index (χ4n) is 6.39. The van der Waals surface area contributed by atoms with Crippen LogP contribution in [0.4, 0.5) is 31.1 Å². The zero-order valence-corrected chi connectivity index (χ0v) is 29.2. The molecule has 0 bridgehead atoms. The van der Waals surface area contributed by atoms with Gasteiger partial charge in [0.05, 0.1) is 22.4 Å². The van der Waals surface area contributed by atoms with Gasteiger partial charge in [-0.25, -0.2) is 32.6 Å². The van der Waals surface area contributed by atoms with Gasteiger partial charge in [-0.2, -0.15) is 18.3 Å². The lowest BCUT2D eigenvalue weighted by Crippen LogP contribution is -2.50. The molecule has 2 aromatic heterocycles. The van der Waals surface area contributed by atoms with E-state index in [1.54, 1.807) is 51.2 Å². The number of alkyl carbamates (subject to hydrolysis) is 1. The van der Waals surface area contributed by atoms with Gasteiger partial charge in [-0.3, -0.25) is 14.7 Å². The number of hydrogen-bond donors (Lipinski definition) is 2. The Bertz CT molecular complexity index is 2070. The third-order valence-corrected chi connectivity index (χ3v) is 9.28. The molecule has 4 aromatic rings. The monoisotopic (exact) mass is 762 g/mol. The summed E-state index contributed by atoms with van der Waals surface area (Å²) in [5.74, 6) is -2.83. The molecule has 1 aliphatic heterocycles. The highest BCUT2D eigenvalue weighted by Gasteiger charge is 2.64. The Morgan fingerprint density at radius 1 is 1.08 bits per heavy atom. The van der Waals surface area contributed by atoms with E-state index in [9.17, 15) is 31.5 Å². The first-order valence-electron chi connectivity index (χ1n) is 16.3. The molecular formula is C35H33ClF6N8O3. The second-order valence-corrected chi connectivity index (χ2v) is 14.4. The van der Waals surface area contributed by atoms with Crippen LogP contribution in [0.2, 0.25) is 5.02 Å². The molecule has 1 saturated carbocycles. The summed E-state index contributed by atoms with van der Waals surface area (Å²) in [4.78, 5) is 41.0. The molecule has 2 aliphatic rings. The highest BCUT2D eigenvalue weighted by molar-refractivity contribution is 6.32.